The summed E-state index contributed by atoms with van der Waals surface area (Å²) in [7, 11) is 0. The van der Waals surface area contributed by atoms with Gasteiger partial charge in [0.1, 0.15) is 16.8 Å². The molecule has 0 bridgehead atoms. The Kier molecular flexibility index (Phi) is 7.10. The third-order valence-corrected chi connectivity index (χ3v) is 6.36. The number of anilines is 1. The Bertz CT molecular complexity index is 1240. The van der Waals surface area contributed by atoms with E-state index in [1.54, 1.807) is 0 Å². The van der Waals surface area contributed by atoms with Crippen molar-refractivity contribution in [3.05, 3.63) is 95.8 Å². The van der Waals surface area contributed by atoms with Gasteiger partial charge in [0.05, 0.1) is 18.0 Å². The Labute approximate surface area is 198 Å². The van der Waals surface area contributed by atoms with Crippen LogP contribution in [-0.4, -0.2) is 27.3 Å². The fraction of sp³-hybridized carbons (Fsp3) is 0.192. The zero-order valence-corrected chi connectivity index (χ0v) is 19.7. The second kappa shape index (κ2) is 10.4. The predicted octanol–water partition coefficient (Wildman–Crippen LogP) is 5.75. The van der Waals surface area contributed by atoms with E-state index in [0.717, 1.165) is 22.6 Å². The predicted molar refractivity (Wildman–Crippen MR) is 132 cm³/mol. The number of rotatable bonds is 8. The van der Waals surface area contributed by atoms with Crippen LogP contribution in [-0.2, 0) is 4.79 Å². The maximum Gasteiger partial charge on any atom is 0.242 e. The minimum Gasteiger partial charge on any atom is -0.492 e. The highest BCUT2D eigenvalue weighted by Gasteiger charge is 2.26. The normalized spacial score (nSPS) is 11.7. The van der Waals surface area contributed by atoms with Crippen molar-refractivity contribution in [1.82, 2.24) is 14.8 Å². The number of aromatic nitrogens is 3. The summed E-state index contributed by atoms with van der Waals surface area (Å²) < 4.78 is 7.68. The number of amides is 1. The van der Waals surface area contributed by atoms with Gasteiger partial charge in [0.25, 0.3) is 0 Å². The van der Waals surface area contributed by atoms with Crippen LogP contribution in [0, 0.1) is 13.8 Å². The lowest BCUT2D eigenvalue weighted by Crippen LogP contribution is -2.20. The van der Waals surface area contributed by atoms with Crippen LogP contribution in [0.15, 0.2) is 84.0 Å². The lowest BCUT2D eigenvalue weighted by atomic mass is 10.1. The molecule has 0 aliphatic rings. The van der Waals surface area contributed by atoms with Crippen molar-refractivity contribution in [2.75, 3.05) is 11.9 Å². The van der Waals surface area contributed by atoms with Gasteiger partial charge in [-0.05, 0) is 50.1 Å². The van der Waals surface area contributed by atoms with Gasteiger partial charge >= 0.3 is 0 Å². The molecule has 4 aromatic rings. The average Bonchev–Trinajstić information content (AvgIpc) is 3.19. The SMILES string of the molecule is CCOc1ccccc1NC(=O)C(Sc1nnc(C)n1-c1ccccc1C)c1ccccc1. The summed E-state index contributed by atoms with van der Waals surface area (Å²) in [6, 6.07) is 25.2. The molecule has 168 valence electrons. The molecule has 0 aliphatic heterocycles. The Morgan fingerprint density at radius 2 is 1.67 bits per heavy atom. The summed E-state index contributed by atoms with van der Waals surface area (Å²) in [5.41, 5.74) is 3.62. The lowest BCUT2D eigenvalue weighted by Gasteiger charge is -2.19. The largest absolute Gasteiger partial charge is 0.492 e. The van der Waals surface area contributed by atoms with Crippen LogP contribution in [0.3, 0.4) is 0 Å². The highest BCUT2D eigenvalue weighted by molar-refractivity contribution is 8.00. The maximum atomic E-state index is 13.6. The lowest BCUT2D eigenvalue weighted by molar-refractivity contribution is -0.115. The van der Waals surface area contributed by atoms with E-state index in [9.17, 15) is 4.79 Å². The monoisotopic (exact) mass is 458 g/mol. The molecule has 1 unspecified atom stereocenters. The first-order chi connectivity index (χ1) is 16.1. The molecule has 3 aromatic carbocycles. The second-order valence-electron chi connectivity index (χ2n) is 7.48. The van der Waals surface area contributed by atoms with Gasteiger partial charge in [-0.1, -0.05) is 72.4 Å². The maximum absolute atomic E-state index is 13.6. The number of ether oxygens (including phenoxy) is 1. The number of hydrogen-bond donors (Lipinski definition) is 1. The van der Waals surface area contributed by atoms with Crippen molar-refractivity contribution in [3.8, 4) is 11.4 Å². The highest BCUT2D eigenvalue weighted by atomic mass is 32.2. The first-order valence-electron chi connectivity index (χ1n) is 10.8. The van der Waals surface area contributed by atoms with Crippen molar-refractivity contribution in [3.63, 3.8) is 0 Å². The van der Waals surface area contributed by atoms with Crippen LogP contribution in [0.25, 0.3) is 5.69 Å². The number of para-hydroxylation sites is 3. The van der Waals surface area contributed by atoms with Gasteiger partial charge in [-0.25, -0.2) is 0 Å². The van der Waals surface area contributed by atoms with Crippen molar-refractivity contribution < 1.29 is 9.53 Å². The first kappa shape index (κ1) is 22.6. The smallest absolute Gasteiger partial charge is 0.242 e. The number of carbonyl (C=O) groups is 1. The summed E-state index contributed by atoms with van der Waals surface area (Å²) in [6.07, 6.45) is 0. The van der Waals surface area contributed by atoms with Gasteiger partial charge in [0, 0.05) is 0 Å². The van der Waals surface area contributed by atoms with Gasteiger partial charge in [-0.3, -0.25) is 9.36 Å². The van der Waals surface area contributed by atoms with Crippen LogP contribution in [0.5, 0.6) is 5.75 Å². The quantitative estimate of drug-likeness (QED) is 0.340. The van der Waals surface area contributed by atoms with E-state index in [1.165, 1.54) is 11.8 Å². The number of carbonyl (C=O) groups excluding carboxylic acids is 1. The standard InChI is InChI=1S/C26H26N4O2S/c1-4-32-23-17-11-9-15-21(23)27-25(31)24(20-13-6-5-7-14-20)33-26-29-28-19(3)30(26)22-16-10-8-12-18(22)2/h5-17,24H,4H2,1-3H3,(H,27,31). The average molecular weight is 459 g/mol. The fourth-order valence-corrected chi connectivity index (χ4v) is 4.66. The minimum atomic E-state index is -0.535. The topological polar surface area (TPSA) is 69.0 Å². The van der Waals surface area contributed by atoms with E-state index in [0.29, 0.717) is 23.2 Å². The molecule has 4 rings (SSSR count). The van der Waals surface area contributed by atoms with E-state index in [-0.39, 0.29) is 5.91 Å². The Balaban J connectivity index is 1.70. The van der Waals surface area contributed by atoms with E-state index in [4.69, 9.17) is 4.74 Å². The molecule has 1 atom stereocenters. The Hall–Kier alpha value is -3.58. The first-order valence-corrected chi connectivity index (χ1v) is 11.7. The molecule has 1 amide bonds. The van der Waals surface area contributed by atoms with Crippen molar-refractivity contribution in [2.24, 2.45) is 0 Å². The molecule has 1 heterocycles. The number of nitrogens with one attached hydrogen (secondary N) is 1. The van der Waals surface area contributed by atoms with E-state index < -0.39 is 5.25 Å². The van der Waals surface area contributed by atoms with Gasteiger partial charge in [-0.15, -0.1) is 10.2 Å². The number of thioether (sulfide) groups is 1. The van der Waals surface area contributed by atoms with Crippen LogP contribution < -0.4 is 10.1 Å². The van der Waals surface area contributed by atoms with Gasteiger partial charge in [0.2, 0.25) is 5.91 Å². The summed E-state index contributed by atoms with van der Waals surface area (Å²) in [4.78, 5) is 13.6. The minimum absolute atomic E-state index is 0.157. The molecule has 1 N–H and O–H groups in total. The van der Waals surface area contributed by atoms with E-state index >= 15 is 0 Å². The van der Waals surface area contributed by atoms with Gasteiger partial charge in [0.15, 0.2) is 5.16 Å². The Morgan fingerprint density at radius 3 is 2.42 bits per heavy atom. The zero-order valence-electron chi connectivity index (χ0n) is 18.9. The van der Waals surface area contributed by atoms with E-state index in [2.05, 4.69) is 28.5 Å². The molecule has 0 fully saturated rings. The number of hydrogen-bond acceptors (Lipinski definition) is 5. The van der Waals surface area contributed by atoms with Crippen molar-refractivity contribution >= 4 is 23.4 Å². The Morgan fingerprint density at radius 1 is 0.970 bits per heavy atom. The molecule has 0 radical (unpaired) electrons. The molecule has 0 saturated heterocycles. The number of aryl methyl sites for hydroxylation is 2. The molecular formula is C26H26N4O2S. The summed E-state index contributed by atoms with van der Waals surface area (Å²) >= 11 is 1.38. The van der Waals surface area contributed by atoms with Crippen LogP contribution in [0.2, 0.25) is 0 Å². The molecule has 0 saturated carbocycles. The van der Waals surface area contributed by atoms with Crippen LogP contribution in [0.4, 0.5) is 5.69 Å². The van der Waals surface area contributed by atoms with Gasteiger partial charge in [-0.2, -0.15) is 0 Å². The van der Waals surface area contributed by atoms with Crippen LogP contribution >= 0.6 is 11.8 Å². The van der Waals surface area contributed by atoms with Crippen LogP contribution in [0.1, 0.15) is 29.1 Å². The summed E-state index contributed by atoms with van der Waals surface area (Å²) in [6.45, 7) is 6.40. The molecule has 6 nitrogen and oxygen atoms in total. The van der Waals surface area contributed by atoms with Gasteiger partial charge < -0.3 is 10.1 Å². The third-order valence-electron chi connectivity index (χ3n) is 5.16. The van der Waals surface area contributed by atoms with E-state index in [1.807, 2.05) is 91.2 Å². The molecule has 0 spiro atoms. The molecule has 33 heavy (non-hydrogen) atoms. The van der Waals surface area contributed by atoms with Crippen molar-refractivity contribution in [1.29, 1.82) is 0 Å². The molecule has 0 aliphatic carbocycles. The third kappa shape index (κ3) is 5.09. The fourth-order valence-electron chi connectivity index (χ4n) is 3.57. The zero-order chi connectivity index (χ0) is 23.2. The molecule has 1 aromatic heterocycles. The summed E-state index contributed by atoms with van der Waals surface area (Å²) in [5, 5.41) is 11.9. The number of nitrogens with zero attached hydrogens (tertiary/aromatic N) is 3. The number of benzene rings is 3. The summed E-state index contributed by atoms with van der Waals surface area (Å²) in [5.74, 6) is 1.25. The molecular weight excluding hydrogens is 432 g/mol. The second-order valence-corrected chi connectivity index (χ2v) is 8.55. The molecule has 7 heteroatoms. The van der Waals surface area contributed by atoms with Crippen molar-refractivity contribution in [2.45, 2.75) is 31.2 Å². The highest BCUT2D eigenvalue weighted by Crippen LogP contribution is 2.37.